The molecule has 2 N–H and O–H groups in total. The zero-order valence-electron chi connectivity index (χ0n) is 11.5. The Morgan fingerprint density at radius 3 is 2.74 bits per heavy atom. The molecule has 108 valence electrons. The van der Waals surface area contributed by atoms with Gasteiger partial charge in [-0.05, 0) is 44.4 Å². The van der Waals surface area contributed by atoms with E-state index in [1.165, 1.54) is 17.8 Å². The summed E-state index contributed by atoms with van der Waals surface area (Å²) < 4.78 is 27.7. The molecule has 1 aromatic rings. The van der Waals surface area contributed by atoms with E-state index in [1.54, 1.807) is 6.07 Å². The topological polar surface area (TPSA) is 58.2 Å². The Hall–Kier alpha value is -0.430. The monoisotopic (exact) mass is 302 g/mol. The molecule has 0 spiro atoms. The first kappa shape index (κ1) is 15.0. The van der Waals surface area contributed by atoms with Crippen molar-refractivity contribution in [1.82, 2.24) is 10.0 Å². The Bertz CT molecular complexity index is 506. The van der Waals surface area contributed by atoms with Crippen LogP contribution >= 0.6 is 11.3 Å². The summed E-state index contributed by atoms with van der Waals surface area (Å²) in [5, 5.41) is 3.20. The van der Waals surface area contributed by atoms with Gasteiger partial charge in [0.1, 0.15) is 4.21 Å². The summed E-state index contributed by atoms with van der Waals surface area (Å²) in [7, 11) is -3.34. The lowest BCUT2D eigenvalue weighted by Crippen LogP contribution is -2.40. The van der Waals surface area contributed by atoms with Gasteiger partial charge in [-0.25, -0.2) is 13.1 Å². The van der Waals surface area contributed by atoms with Crippen molar-refractivity contribution in [3.05, 3.63) is 17.0 Å². The first-order valence-electron chi connectivity index (χ1n) is 6.84. The third kappa shape index (κ3) is 3.78. The molecule has 0 bridgehead atoms. The molecular weight excluding hydrogens is 280 g/mol. The fourth-order valence-electron chi connectivity index (χ4n) is 2.18. The number of thiophene rings is 1. The number of nitrogens with one attached hydrogen (secondary N) is 2. The van der Waals surface area contributed by atoms with Gasteiger partial charge in [0.15, 0.2) is 0 Å². The van der Waals surface area contributed by atoms with E-state index >= 15 is 0 Å². The van der Waals surface area contributed by atoms with Crippen LogP contribution in [0, 0.1) is 5.92 Å². The van der Waals surface area contributed by atoms with Crippen molar-refractivity contribution in [3.63, 3.8) is 0 Å². The summed E-state index contributed by atoms with van der Waals surface area (Å²) in [6.07, 6.45) is 3.50. The average molecular weight is 302 g/mol. The van der Waals surface area contributed by atoms with Crippen LogP contribution in [0.25, 0.3) is 0 Å². The van der Waals surface area contributed by atoms with Crippen molar-refractivity contribution in [2.75, 3.05) is 6.54 Å². The maximum Gasteiger partial charge on any atom is 0.250 e. The van der Waals surface area contributed by atoms with Gasteiger partial charge in [0.25, 0.3) is 0 Å². The summed E-state index contributed by atoms with van der Waals surface area (Å²) in [6.45, 7) is 5.62. The van der Waals surface area contributed by atoms with E-state index in [9.17, 15) is 8.42 Å². The van der Waals surface area contributed by atoms with E-state index in [1.807, 2.05) is 19.9 Å². The molecule has 0 aliphatic heterocycles. The quantitative estimate of drug-likeness (QED) is 0.812. The highest BCUT2D eigenvalue weighted by Gasteiger charge is 2.28. The summed E-state index contributed by atoms with van der Waals surface area (Å²) in [5.74, 6) is 0.510. The molecule has 1 fully saturated rings. The molecule has 1 aliphatic carbocycles. The standard InChI is InChI=1S/C13H22N2O2S2/c1-3-14-9-12-7-8-13(18-12)19(16,17)15-10(2)11-5-4-6-11/h7-8,10-11,14-15H,3-6,9H2,1-2H3. The van der Waals surface area contributed by atoms with E-state index in [4.69, 9.17) is 0 Å². The maximum absolute atomic E-state index is 12.3. The van der Waals surface area contributed by atoms with Crippen LogP contribution in [0.15, 0.2) is 16.3 Å². The van der Waals surface area contributed by atoms with Crippen LogP contribution in [-0.2, 0) is 16.6 Å². The molecule has 0 saturated heterocycles. The molecule has 1 unspecified atom stereocenters. The lowest BCUT2D eigenvalue weighted by atomic mass is 9.81. The van der Waals surface area contributed by atoms with E-state index in [0.717, 1.165) is 30.8 Å². The predicted octanol–water partition coefficient (Wildman–Crippen LogP) is 2.32. The van der Waals surface area contributed by atoms with Crippen molar-refractivity contribution < 1.29 is 8.42 Å². The molecule has 1 heterocycles. The van der Waals surface area contributed by atoms with Crippen LogP contribution < -0.4 is 10.0 Å². The summed E-state index contributed by atoms with van der Waals surface area (Å²) >= 11 is 1.35. The van der Waals surface area contributed by atoms with Crippen molar-refractivity contribution in [2.45, 2.75) is 49.9 Å². The van der Waals surface area contributed by atoms with Gasteiger partial charge in [0.05, 0.1) is 0 Å². The number of rotatable bonds is 7. The minimum Gasteiger partial charge on any atom is -0.312 e. The third-order valence-electron chi connectivity index (χ3n) is 3.65. The Morgan fingerprint density at radius 2 is 2.16 bits per heavy atom. The molecule has 1 atom stereocenters. The minimum absolute atomic E-state index is 0.0399. The Labute approximate surface area is 119 Å². The van der Waals surface area contributed by atoms with Gasteiger partial charge in [-0.1, -0.05) is 13.3 Å². The lowest BCUT2D eigenvalue weighted by molar-refractivity contribution is 0.260. The second-order valence-corrected chi connectivity index (χ2v) is 8.21. The second-order valence-electron chi connectivity index (χ2n) is 5.10. The largest absolute Gasteiger partial charge is 0.312 e. The van der Waals surface area contributed by atoms with Crippen LogP contribution in [0.4, 0.5) is 0 Å². The predicted molar refractivity (Wildman–Crippen MR) is 78.8 cm³/mol. The van der Waals surface area contributed by atoms with Gasteiger partial charge < -0.3 is 5.32 Å². The Kier molecular flexibility index (Phi) is 5.00. The fraction of sp³-hybridized carbons (Fsp3) is 0.692. The van der Waals surface area contributed by atoms with E-state index < -0.39 is 10.0 Å². The first-order chi connectivity index (χ1) is 9.03. The number of hydrogen-bond acceptors (Lipinski definition) is 4. The Morgan fingerprint density at radius 1 is 1.42 bits per heavy atom. The second kappa shape index (κ2) is 6.35. The summed E-state index contributed by atoms with van der Waals surface area (Å²) in [4.78, 5) is 1.05. The zero-order valence-corrected chi connectivity index (χ0v) is 13.1. The van der Waals surface area contributed by atoms with E-state index in [-0.39, 0.29) is 6.04 Å². The molecule has 4 nitrogen and oxygen atoms in total. The summed E-state index contributed by atoms with van der Waals surface area (Å²) in [5.41, 5.74) is 0. The number of hydrogen-bond donors (Lipinski definition) is 2. The molecule has 2 rings (SSSR count). The van der Waals surface area contributed by atoms with Gasteiger partial charge in [-0.3, -0.25) is 0 Å². The summed E-state index contributed by atoms with van der Waals surface area (Å²) in [6, 6.07) is 3.63. The van der Waals surface area contributed by atoms with Crippen molar-refractivity contribution in [2.24, 2.45) is 5.92 Å². The average Bonchev–Trinajstić information content (AvgIpc) is 2.72. The molecule has 19 heavy (non-hydrogen) atoms. The normalized spacial score (nSPS) is 18.2. The minimum atomic E-state index is -3.34. The molecular formula is C13H22N2O2S2. The van der Waals surface area contributed by atoms with Crippen LogP contribution in [0.2, 0.25) is 0 Å². The van der Waals surface area contributed by atoms with Gasteiger partial charge >= 0.3 is 0 Å². The van der Waals surface area contributed by atoms with Crippen LogP contribution in [0.3, 0.4) is 0 Å². The van der Waals surface area contributed by atoms with E-state index in [2.05, 4.69) is 10.0 Å². The molecule has 6 heteroatoms. The zero-order chi connectivity index (χ0) is 13.9. The fourth-order valence-corrected chi connectivity index (χ4v) is 4.84. The highest BCUT2D eigenvalue weighted by molar-refractivity contribution is 7.91. The van der Waals surface area contributed by atoms with Crippen molar-refractivity contribution in [3.8, 4) is 0 Å². The van der Waals surface area contributed by atoms with Crippen LogP contribution in [0.5, 0.6) is 0 Å². The molecule has 1 saturated carbocycles. The smallest absolute Gasteiger partial charge is 0.250 e. The van der Waals surface area contributed by atoms with Crippen LogP contribution in [0.1, 0.15) is 38.0 Å². The van der Waals surface area contributed by atoms with Gasteiger partial charge in [-0.2, -0.15) is 0 Å². The van der Waals surface area contributed by atoms with Gasteiger partial charge in [-0.15, -0.1) is 11.3 Å². The highest BCUT2D eigenvalue weighted by atomic mass is 32.2. The maximum atomic E-state index is 12.3. The third-order valence-corrected chi connectivity index (χ3v) is 6.79. The molecule has 0 amide bonds. The molecule has 0 aromatic carbocycles. The van der Waals surface area contributed by atoms with Crippen molar-refractivity contribution in [1.29, 1.82) is 0 Å². The molecule has 0 radical (unpaired) electrons. The van der Waals surface area contributed by atoms with Gasteiger partial charge in [0, 0.05) is 17.5 Å². The lowest BCUT2D eigenvalue weighted by Gasteiger charge is -2.31. The molecule has 1 aliphatic rings. The van der Waals surface area contributed by atoms with E-state index in [0.29, 0.717) is 10.1 Å². The first-order valence-corrected chi connectivity index (χ1v) is 9.14. The SMILES string of the molecule is CCNCc1ccc(S(=O)(=O)NC(C)C2CCC2)s1. The van der Waals surface area contributed by atoms with Crippen molar-refractivity contribution >= 4 is 21.4 Å². The molecule has 1 aromatic heterocycles. The number of sulfonamides is 1. The Balaban J connectivity index is 1.99. The van der Waals surface area contributed by atoms with Crippen LogP contribution in [-0.4, -0.2) is 21.0 Å². The highest BCUT2D eigenvalue weighted by Crippen LogP contribution is 2.30. The van der Waals surface area contributed by atoms with Gasteiger partial charge in [0.2, 0.25) is 10.0 Å².